The molecule has 3 saturated heterocycles. The molecule has 2 amide bonds. The van der Waals surface area contributed by atoms with Crippen molar-refractivity contribution in [2.45, 2.75) is 56.3 Å². The first-order valence-electron chi connectivity index (χ1n) is 12.2. The van der Waals surface area contributed by atoms with Crippen molar-refractivity contribution in [3.63, 3.8) is 0 Å². The second kappa shape index (κ2) is 10.5. The van der Waals surface area contributed by atoms with E-state index in [4.69, 9.17) is 0 Å². The average Bonchev–Trinajstić information content (AvgIpc) is 3.13. The molecule has 0 aliphatic carbocycles. The third-order valence-electron chi connectivity index (χ3n) is 7.26. The van der Waals surface area contributed by atoms with Gasteiger partial charge in [-0.05, 0) is 62.8 Å². The lowest BCUT2D eigenvalue weighted by atomic mass is 9.92. The summed E-state index contributed by atoms with van der Waals surface area (Å²) < 4.78 is 40.5. The summed E-state index contributed by atoms with van der Waals surface area (Å²) in [6, 6.07) is 4.80. The molecular formula is C24H34FN3O4S. The second-order valence-corrected chi connectivity index (χ2v) is 11.4. The maximum Gasteiger partial charge on any atom is 0.243 e. The fourth-order valence-electron chi connectivity index (χ4n) is 5.27. The molecule has 3 heterocycles. The number of rotatable bonds is 4. The standard InChI is InChI=1S/C24H34FN3O4S/c25-21-7-9-22(10-8-21)33(31,32)28-15-5-6-20(18-28)24(30)27-16-11-19(12-17-27)23(29)26-13-3-1-2-4-14-26/h7-10,19-20H,1-6,11-18H2/t20-/m0/s1. The molecule has 0 spiro atoms. The van der Waals surface area contributed by atoms with Crippen molar-refractivity contribution in [2.75, 3.05) is 39.3 Å². The van der Waals surface area contributed by atoms with E-state index in [-0.39, 0.29) is 35.1 Å². The highest BCUT2D eigenvalue weighted by Gasteiger charge is 2.37. The molecule has 0 unspecified atom stereocenters. The van der Waals surface area contributed by atoms with E-state index in [0.29, 0.717) is 45.3 Å². The summed E-state index contributed by atoms with van der Waals surface area (Å²) in [6.07, 6.45) is 7.13. The van der Waals surface area contributed by atoms with Crippen molar-refractivity contribution in [3.05, 3.63) is 30.1 Å². The molecule has 33 heavy (non-hydrogen) atoms. The van der Waals surface area contributed by atoms with E-state index in [1.54, 1.807) is 0 Å². The molecule has 0 aromatic heterocycles. The predicted octanol–water partition coefficient (Wildman–Crippen LogP) is 2.87. The average molecular weight is 480 g/mol. The van der Waals surface area contributed by atoms with E-state index in [9.17, 15) is 22.4 Å². The molecule has 9 heteroatoms. The normalized spacial score (nSPS) is 23.8. The summed E-state index contributed by atoms with van der Waals surface area (Å²) in [6.45, 7) is 3.28. The highest BCUT2D eigenvalue weighted by Crippen LogP contribution is 2.28. The largest absolute Gasteiger partial charge is 0.342 e. The Kier molecular flexibility index (Phi) is 7.69. The van der Waals surface area contributed by atoms with Gasteiger partial charge in [0.25, 0.3) is 0 Å². The maximum absolute atomic E-state index is 13.2. The van der Waals surface area contributed by atoms with Crippen molar-refractivity contribution in [3.8, 4) is 0 Å². The van der Waals surface area contributed by atoms with E-state index in [1.807, 2.05) is 9.80 Å². The summed E-state index contributed by atoms with van der Waals surface area (Å²) in [7, 11) is -3.77. The lowest BCUT2D eigenvalue weighted by Crippen LogP contribution is -2.50. The lowest BCUT2D eigenvalue weighted by Gasteiger charge is -2.38. The fraction of sp³-hybridized carbons (Fsp3) is 0.667. The molecule has 7 nitrogen and oxygen atoms in total. The number of amides is 2. The van der Waals surface area contributed by atoms with E-state index in [1.165, 1.54) is 29.3 Å². The molecular weight excluding hydrogens is 445 g/mol. The van der Waals surface area contributed by atoms with Crippen LogP contribution in [0.25, 0.3) is 0 Å². The van der Waals surface area contributed by atoms with Crippen molar-refractivity contribution in [1.29, 1.82) is 0 Å². The Morgan fingerprint density at radius 2 is 1.30 bits per heavy atom. The van der Waals surface area contributed by atoms with Crippen LogP contribution < -0.4 is 0 Å². The molecule has 182 valence electrons. The first kappa shape index (κ1) is 24.1. The van der Waals surface area contributed by atoms with Crippen LogP contribution in [0.4, 0.5) is 4.39 Å². The van der Waals surface area contributed by atoms with Gasteiger partial charge in [0.1, 0.15) is 5.82 Å². The maximum atomic E-state index is 13.2. The molecule has 0 radical (unpaired) electrons. The molecule has 1 aromatic carbocycles. The van der Waals surface area contributed by atoms with Gasteiger partial charge in [-0.1, -0.05) is 12.8 Å². The summed E-state index contributed by atoms with van der Waals surface area (Å²) in [4.78, 5) is 30.0. The number of benzene rings is 1. The Morgan fingerprint density at radius 1 is 0.727 bits per heavy atom. The number of hydrogen-bond donors (Lipinski definition) is 0. The molecule has 0 N–H and O–H groups in total. The minimum atomic E-state index is -3.77. The van der Waals surface area contributed by atoms with Gasteiger partial charge in [0.15, 0.2) is 0 Å². The molecule has 4 rings (SSSR count). The summed E-state index contributed by atoms with van der Waals surface area (Å²) in [5, 5.41) is 0. The Morgan fingerprint density at radius 3 is 1.94 bits per heavy atom. The topological polar surface area (TPSA) is 78.0 Å². The van der Waals surface area contributed by atoms with Crippen LogP contribution in [0.2, 0.25) is 0 Å². The zero-order valence-electron chi connectivity index (χ0n) is 19.1. The quantitative estimate of drug-likeness (QED) is 0.665. The number of carbonyl (C=O) groups is 2. The van der Waals surface area contributed by atoms with Gasteiger partial charge < -0.3 is 9.80 Å². The Hall–Kier alpha value is -2.00. The molecule has 3 aliphatic heterocycles. The Labute approximate surface area is 196 Å². The van der Waals surface area contributed by atoms with Crippen LogP contribution in [0.1, 0.15) is 51.4 Å². The van der Waals surface area contributed by atoms with Crippen molar-refractivity contribution >= 4 is 21.8 Å². The van der Waals surface area contributed by atoms with E-state index >= 15 is 0 Å². The second-order valence-electron chi connectivity index (χ2n) is 9.50. The number of halogens is 1. The number of nitrogens with zero attached hydrogens (tertiary/aromatic N) is 3. The smallest absolute Gasteiger partial charge is 0.243 e. The summed E-state index contributed by atoms with van der Waals surface area (Å²) in [5.41, 5.74) is 0. The number of piperidine rings is 2. The summed E-state index contributed by atoms with van der Waals surface area (Å²) in [5.74, 6) is -0.674. The zero-order valence-corrected chi connectivity index (χ0v) is 19.9. The SMILES string of the molecule is O=C(C1CCN(C(=O)[C@H]2CCCN(S(=O)(=O)c3ccc(F)cc3)C2)CC1)N1CCCCCC1. The highest BCUT2D eigenvalue weighted by molar-refractivity contribution is 7.89. The zero-order chi connectivity index (χ0) is 23.4. The Balaban J connectivity index is 1.33. The molecule has 1 aromatic rings. The molecule has 0 saturated carbocycles. The highest BCUT2D eigenvalue weighted by atomic mass is 32.2. The number of carbonyl (C=O) groups excluding carboxylic acids is 2. The first-order valence-corrected chi connectivity index (χ1v) is 13.6. The minimum absolute atomic E-state index is 0.0188. The van der Waals surface area contributed by atoms with Gasteiger partial charge in [0.05, 0.1) is 10.8 Å². The van der Waals surface area contributed by atoms with Crippen LogP contribution in [0.15, 0.2) is 29.2 Å². The van der Waals surface area contributed by atoms with E-state index < -0.39 is 15.8 Å². The summed E-state index contributed by atoms with van der Waals surface area (Å²) >= 11 is 0. The van der Waals surface area contributed by atoms with Crippen LogP contribution in [-0.2, 0) is 19.6 Å². The molecule has 0 bridgehead atoms. The van der Waals surface area contributed by atoms with Crippen LogP contribution in [-0.4, -0.2) is 73.6 Å². The van der Waals surface area contributed by atoms with Crippen molar-refractivity contribution in [1.82, 2.24) is 14.1 Å². The van der Waals surface area contributed by atoms with Crippen molar-refractivity contribution < 1.29 is 22.4 Å². The number of sulfonamides is 1. The van der Waals surface area contributed by atoms with Gasteiger partial charge in [-0.2, -0.15) is 4.31 Å². The van der Waals surface area contributed by atoms with Crippen LogP contribution >= 0.6 is 0 Å². The van der Waals surface area contributed by atoms with Gasteiger partial charge >= 0.3 is 0 Å². The van der Waals surface area contributed by atoms with Crippen LogP contribution in [0.3, 0.4) is 0 Å². The van der Waals surface area contributed by atoms with Gasteiger partial charge in [-0.3, -0.25) is 9.59 Å². The molecule has 3 aliphatic rings. The van der Waals surface area contributed by atoms with Gasteiger partial charge in [0.2, 0.25) is 21.8 Å². The fourth-order valence-corrected chi connectivity index (χ4v) is 6.80. The van der Waals surface area contributed by atoms with E-state index in [0.717, 1.165) is 38.1 Å². The number of hydrogen-bond acceptors (Lipinski definition) is 4. The third-order valence-corrected chi connectivity index (χ3v) is 9.14. The molecule has 1 atom stereocenters. The molecule has 3 fully saturated rings. The van der Waals surface area contributed by atoms with Crippen molar-refractivity contribution in [2.24, 2.45) is 11.8 Å². The first-order chi connectivity index (χ1) is 15.9. The van der Waals surface area contributed by atoms with E-state index in [2.05, 4.69) is 0 Å². The van der Waals surface area contributed by atoms with Gasteiger partial charge in [-0.25, -0.2) is 12.8 Å². The lowest BCUT2D eigenvalue weighted by molar-refractivity contribution is -0.143. The van der Waals surface area contributed by atoms with Gasteiger partial charge in [0, 0.05) is 45.2 Å². The van der Waals surface area contributed by atoms with Crippen LogP contribution in [0, 0.1) is 17.7 Å². The monoisotopic (exact) mass is 479 g/mol. The van der Waals surface area contributed by atoms with Crippen LogP contribution in [0.5, 0.6) is 0 Å². The van der Waals surface area contributed by atoms with Gasteiger partial charge in [-0.15, -0.1) is 0 Å². The number of likely N-dealkylation sites (tertiary alicyclic amines) is 2. The third kappa shape index (κ3) is 5.57. The predicted molar refractivity (Wildman–Crippen MR) is 122 cm³/mol. The Bertz CT molecular complexity index is 937. The minimum Gasteiger partial charge on any atom is -0.342 e.